The summed E-state index contributed by atoms with van der Waals surface area (Å²) < 4.78 is 5.06. The summed E-state index contributed by atoms with van der Waals surface area (Å²) in [6.07, 6.45) is 6.71. The van der Waals surface area contributed by atoms with Crippen LogP contribution in [0, 0.1) is 5.92 Å². The molecule has 0 unspecified atom stereocenters. The Morgan fingerprint density at radius 1 is 1.44 bits per heavy atom. The number of nitrogens with one attached hydrogen (secondary N) is 1. The Morgan fingerprint density at radius 2 is 2.33 bits per heavy atom. The Morgan fingerprint density at radius 3 is 3.00 bits per heavy atom. The van der Waals surface area contributed by atoms with Crippen LogP contribution in [0.5, 0.6) is 0 Å². The van der Waals surface area contributed by atoms with Crippen LogP contribution in [0.25, 0.3) is 11.1 Å². The highest BCUT2D eigenvalue weighted by atomic mass is 32.1. The van der Waals surface area contributed by atoms with Crippen molar-refractivity contribution >= 4 is 17.2 Å². The molecule has 1 aliphatic carbocycles. The first-order chi connectivity index (χ1) is 8.83. The van der Waals surface area contributed by atoms with Crippen molar-refractivity contribution in [1.29, 1.82) is 0 Å². The van der Waals surface area contributed by atoms with Crippen molar-refractivity contribution in [3.63, 3.8) is 0 Å². The molecule has 0 bridgehead atoms. The summed E-state index contributed by atoms with van der Waals surface area (Å²) in [5, 5.41) is 5.10. The molecule has 0 aliphatic heterocycles. The molecule has 3 nitrogen and oxygen atoms in total. The van der Waals surface area contributed by atoms with Crippen molar-refractivity contribution in [1.82, 2.24) is 5.32 Å². The van der Waals surface area contributed by atoms with Gasteiger partial charge in [0.05, 0.1) is 19.1 Å². The van der Waals surface area contributed by atoms with Crippen molar-refractivity contribution < 1.29 is 9.21 Å². The van der Waals surface area contributed by atoms with Crippen LogP contribution < -0.4 is 5.32 Å². The van der Waals surface area contributed by atoms with Gasteiger partial charge in [-0.15, -0.1) is 11.3 Å². The SMILES string of the molecule is O=C(NCc1cc(-c2ccoc2)cs1)C1CCC1. The van der Waals surface area contributed by atoms with Gasteiger partial charge in [0, 0.05) is 16.4 Å². The minimum Gasteiger partial charge on any atom is -0.472 e. The van der Waals surface area contributed by atoms with E-state index in [0.29, 0.717) is 6.54 Å². The minimum atomic E-state index is 0.208. The molecule has 0 spiro atoms. The van der Waals surface area contributed by atoms with Crippen molar-refractivity contribution in [3.8, 4) is 11.1 Å². The van der Waals surface area contributed by atoms with Crippen LogP contribution >= 0.6 is 11.3 Å². The minimum absolute atomic E-state index is 0.208. The van der Waals surface area contributed by atoms with Crippen LogP contribution in [0.15, 0.2) is 34.5 Å². The van der Waals surface area contributed by atoms with Crippen molar-refractivity contribution in [3.05, 3.63) is 34.9 Å². The molecule has 1 N–H and O–H groups in total. The van der Waals surface area contributed by atoms with Gasteiger partial charge in [-0.2, -0.15) is 0 Å². The van der Waals surface area contributed by atoms with E-state index in [0.717, 1.165) is 24.0 Å². The molecule has 2 heterocycles. The van der Waals surface area contributed by atoms with E-state index < -0.39 is 0 Å². The molecule has 1 amide bonds. The van der Waals surface area contributed by atoms with Gasteiger partial charge in [0.1, 0.15) is 0 Å². The third-order valence-electron chi connectivity index (χ3n) is 3.42. The summed E-state index contributed by atoms with van der Waals surface area (Å²) in [5.74, 6) is 0.470. The van der Waals surface area contributed by atoms with E-state index in [2.05, 4.69) is 16.8 Å². The molecule has 0 atom stereocenters. The van der Waals surface area contributed by atoms with Crippen LogP contribution in [0.4, 0.5) is 0 Å². The van der Waals surface area contributed by atoms with Crippen molar-refractivity contribution in [2.24, 2.45) is 5.92 Å². The summed E-state index contributed by atoms with van der Waals surface area (Å²) >= 11 is 1.67. The number of hydrogen-bond acceptors (Lipinski definition) is 3. The molecular weight excluding hydrogens is 246 g/mol. The van der Waals surface area contributed by atoms with Gasteiger partial charge in [-0.05, 0) is 35.9 Å². The van der Waals surface area contributed by atoms with Crippen LogP contribution in [0.2, 0.25) is 0 Å². The lowest BCUT2D eigenvalue weighted by atomic mass is 9.85. The van der Waals surface area contributed by atoms with Crippen molar-refractivity contribution in [2.75, 3.05) is 0 Å². The van der Waals surface area contributed by atoms with E-state index >= 15 is 0 Å². The first-order valence-electron chi connectivity index (χ1n) is 6.20. The van der Waals surface area contributed by atoms with E-state index in [4.69, 9.17) is 4.42 Å². The topological polar surface area (TPSA) is 42.2 Å². The third kappa shape index (κ3) is 2.34. The first-order valence-corrected chi connectivity index (χ1v) is 7.08. The Hall–Kier alpha value is -1.55. The van der Waals surface area contributed by atoms with E-state index in [1.807, 2.05) is 6.07 Å². The fraction of sp³-hybridized carbons (Fsp3) is 0.357. The van der Waals surface area contributed by atoms with E-state index in [1.165, 1.54) is 11.3 Å². The Bertz CT molecular complexity index is 526. The van der Waals surface area contributed by atoms with E-state index in [9.17, 15) is 4.79 Å². The Balaban J connectivity index is 1.58. The molecule has 0 saturated heterocycles. The molecule has 3 rings (SSSR count). The highest BCUT2D eigenvalue weighted by Crippen LogP contribution is 2.28. The lowest BCUT2D eigenvalue weighted by Gasteiger charge is -2.23. The smallest absolute Gasteiger partial charge is 0.223 e. The standard InChI is InChI=1S/C14H15NO2S/c16-14(10-2-1-3-10)15-7-13-6-12(9-18-13)11-4-5-17-8-11/h4-6,8-10H,1-3,7H2,(H,15,16). The monoisotopic (exact) mass is 261 g/mol. The molecule has 1 fully saturated rings. The molecule has 1 aliphatic rings. The van der Waals surface area contributed by atoms with Crippen LogP contribution in [0.1, 0.15) is 24.1 Å². The second kappa shape index (κ2) is 4.98. The maximum atomic E-state index is 11.7. The van der Waals surface area contributed by atoms with Crippen molar-refractivity contribution in [2.45, 2.75) is 25.8 Å². The highest BCUT2D eigenvalue weighted by molar-refractivity contribution is 7.10. The number of carbonyl (C=O) groups excluding carboxylic acids is 1. The number of rotatable bonds is 4. The quantitative estimate of drug-likeness (QED) is 0.916. The van der Waals surface area contributed by atoms with Gasteiger partial charge in [-0.25, -0.2) is 0 Å². The highest BCUT2D eigenvalue weighted by Gasteiger charge is 2.24. The number of amides is 1. The summed E-state index contributed by atoms with van der Waals surface area (Å²) in [5.41, 5.74) is 2.24. The van der Waals surface area contributed by atoms with Gasteiger partial charge in [0.2, 0.25) is 5.91 Å². The van der Waals surface area contributed by atoms with Gasteiger partial charge in [0.25, 0.3) is 0 Å². The second-order valence-electron chi connectivity index (χ2n) is 4.66. The molecular formula is C14H15NO2S. The Kier molecular flexibility index (Phi) is 3.19. The average molecular weight is 261 g/mol. The van der Waals surface area contributed by atoms with Crippen LogP contribution in [-0.4, -0.2) is 5.91 Å². The first kappa shape index (κ1) is 11.5. The molecule has 94 valence electrons. The molecule has 18 heavy (non-hydrogen) atoms. The molecule has 0 radical (unpaired) electrons. The van der Waals surface area contributed by atoms with Crippen LogP contribution in [0.3, 0.4) is 0 Å². The maximum absolute atomic E-state index is 11.7. The zero-order valence-electron chi connectivity index (χ0n) is 10.0. The zero-order chi connectivity index (χ0) is 12.4. The largest absolute Gasteiger partial charge is 0.472 e. The average Bonchev–Trinajstić information content (AvgIpc) is 2.94. The summed E-state index contributed by atoms with van der Waals surface area (Å²) in [4.78, 5) is 12.9. The molecule has 2 aromatic rings. The van der Waals surface area contributed by atoms with Gasteiger partial charge < -0.3 is 9.73 Å². The summed E-state index contributed by atoms with van der Waals surface area (Å²) in [6, 6.07) is 4.05. The maximum Gasteiger partial charge on any atom is 0.223 e. The number of thiophene rings is 1. The molecule has 1 saturated carbocycles. The normalized spacial score (nSPS) is 15.3. The molecule has 4 heteroatoms. The Labute approximate surface area is 110 Å². The molecule has 0 aromatic carbocycles. The van der Waals surface area contributed by atoms with E-state index in [1.54, 1.807) is 23.9 Å². The van der Waals surface area contributed by atoms with Gasteiger partial charge in [0.15, 0.2) is 0 Å². The lowest BCUT2D eigenvalue weighted by Crippen LogP contribution is -2.33. The fourth-order valence-corrected chi connectivity index (χ4v) is 2.88. The second-order valence-corrected chi connectivity index (χ2v) is 5.66. The van der Waals surface area contributed by atoms with Gasteiger partial charge in [-0.1, -0.05) is 6.42 Å². The van der Waals surface area contributed by atoms with E-state index in [-0.39, 0.29) is 11.8 Å². The number of carbonyl (C=O) groups is 1. The van der Waals surface area contributed by atoms with Crippen LogP contribution in [-0.2, 0) is 11.3 Å². The predicted molar refractivity (Wildman–Crippen MR) is 71.2 cm³/mol. The number of furan rings is 1. The lowest BCUT2D eigenvalue weighted by molar-refractivity contribution is -0.127. The number of hydrogen-bond donors (Lipinski definition) is 1. The molecule has 2 aromatic heterocycles. The predicted octanol–water partition coefficient (Wildman–Crippen LogP) is 3.42. The third-order valence-corrected chi connectivity index (χ3v) is 4.36. The summed E-state index contributed by atoms with van der Waals surface area (Å²) in [7, 11) is 0. The zero-order valence-corrected chi connectivity index (χ0v) is 10.8. The fourth-order valence-electron chi connectivity index (χ4n) is 2.04. The van der Waals surface area contributed by atoms with Gasteiger partial charge in [-0.3, -0.25) is 4.79 Å². The summed E-state index contributed by atoms with van der Waals surface area (Å²) in [6.45, 7) is 0.637. The van der Waals surface area contributed by atoms with Gasteiger partial charge >= 0.3 is 0 Å².